The van der Waals surface area contributed by atoms with Crippen LogP contribution < -0.4 is 5.23 Å². The van der Waals surface area contributed by atoms with Crippen molar-refractivity contribution in [1.82, 2.24) is 4.31 Å². The van der Waals surface area contributed by atoms with E-state index in [2.05, 4.69) is 4.84 Å². The van der Waals surface area contributed by atoms with Gasteiger partial charge in [-0.3, -0.25) is 9.63 Å². The average Bonchev–Trinajstić information content (AvgIpc) is 2.44. The molecule has 9 heteroatoms. The molecule has 0 aromatic heterocycles. The molecule has 0 heterocycles. The first-order valence-corrected chi connectivity index (χ1v) is 8.19. The first kappa shape index (κ1) is 19.4. The van der Waals surface area contributed by atoms with Crippen molar-refractivity contribution in [2.45, 2.75) is 31.7 Å². The molecule has 0 saturated carbocycles. The van der Waals surface area contributed by atoms with E-state index in [0.29, 0.717) is 0 Å². The number of likely N-dealkylation sites (N-methyl/N-ethyl adjacent to an activating group) is 1. The molecule has 1 aromatic carbocycles. The number of carboxylic acids is 1. The molecule has 0 unspecified atom stereocenters. The number of carbonyl (C=O) groups is 1. The second kappa shape index (κ2) is 6.83. The summed E-state index contributed by atoms with van der Waals surface area (Å²) in [5, 5.41) is 21.2. The van der Waals surface area contributed by atoms with Gasteiger partial charge in [-0.05, 0) is 17.5 Å². The lowest BCUT2D eigenvalue weighted by Gasteiger charge is -2.35. The van der Waals surface area contributed by atoms with Crippen molar-refractivity contribution in [2.24, 2.45) is 5.41 Å². The topological polar surface area (TPSA) is 110 Å². The van der Waals surface area contributed by atoms with Crippen LogP contribution >= 0.6 is 0 Å². The standard InChI is InChI=1S/C14H21N2O6S/c1-14(2,3)12(13(17)18)15(4)23(20,21)11-9-7-6-8-10(11)16(19)22-5/h6-9,12H,1-5H3,(H,17,18)/q-1/t12-/m1/s1. The Hall–Kier alpha value is -1.68. The predicted molar refractivity (Wildman–Crippen MR) is 85.1 cm³/mol. The molecule has 0 bridgehead atoms. The molecule has 0 saturated heterocycles. The van der Waals surface area contributed by atoms with Crippen molar-refractivity contribution in [3.63, 3.8) is 0 Å². The summed E-state index contributed by atoms with van der Waals surface area (Å²) in [6.07, 6.45) is 0. The Labute approximate surface area is 135 Å². The monoisotopic (exact) mass is 345 g/mol. The third-order valence-electron chi connectivity index (χ3n) is 3.30. The molecule has 1 atom stereocenters. The number of hydrogen-bond donors (Lipinski definition) is 1. The van der Waals surface area contributed by atoms with E-state index in [1.54, 1.807) is 20.8 Å². The van der Waals surface area contributed by atoms with Gasteiger partial charge in [-0.2, -0.15) is 4.31 Å². The summed E-state index contributed by atoms with van der Waals surface area (Å²) in [6.45, 7) is 4.87. The van der Waals surface area contributed by atoms with Crippen LogP contribution in [0.15, 0.2) is 29.2 Å². The normalized spacial score (nSPS) is 13.9. The molecule has 130 valence electrons. The summed E-state index contributed by atoms with van der Waals surface area (Å²) in [5.41, 5.74) is -1.07. The fourth-order valence-corrected chi connectivity index (χ4v) is 3.94. The Kier molecular flexibility index (Phi) is 5.75. The van der Waals surface area contributed by atoms with Crippen LogP contribution in [0.2, 0.25) is 0 Å². The molecular weight excluding hydrogens is 324 g/mol. The number of para-hydroxylation sites is 1. The fourth-order valence-electron chi connectivity index (χ4n) is 2.29. The Morgan fingerprint density at radius 3 is 2.26 bits per heavy atom. The van der Waals surface area contributed by atoms with Crippen LogP contribution in [0.1, 0.15) is 20.8 Å². The highest BCUT2D eigenvalue weighted by Gasteiger charge is 2.41. The first-order valence-electron chi connectivity index (χ1n) is 6.75. The van der Waals surface area contributed by atoms with Crippen molar-refractivity contribution in [2.75, 3.05) is 19.4 Å². The van der Waals surface area contributed by atoms with Crippen LogP contribution in [0.25, 0.3) is 0 Å². The summed E-state index contributed by atoms with van der Waals surface area (Å²) in [4.78, 5) is 15.7. The third kappa shape index (κ3) is 3.99. The van der Waals surface area contributed by atoms with E-state index >= 15 is 0 Å². The molecular formula is C14H21N2O6S-. The van der Waals surface area contributed by atoms with Crippen molar-refractivity contribution in [3.05, 3.63) is 29.5 Å². The van der Waals surface area contributed by atoms with Gasteiger partial charge in [0.2, 0.25) is 10.0 Å². The smallest absolute Gasteiger partial charge is 0.322 e. The maximum Gasteiger partial charge on any atom is 0.322 e. The highest BCUT2D eigenvalue weighted by molar-refractivity contribution is 7.89. The second-order valence-electron chi connectivity index (χ2n) is 6.04. The SMILES string of the molecule is CON([O-])c1ccccc1S(=O)(=O)N(C)[C@H](C(=O)O)C(C)(C)C. The number of carboxylic acid groups (broad SMARTS) is 1. The number of anilines is 1. The van der Waals surface area contributed by atoms with Gasteiger partial charge in [0.05, 0.1) is 12.8 Å². The van der Waals surface area contributed by atoms with Crippen LogP contribution in [0.3, 0.4) is 0 Å². The number of nitrogens with zero attached hydrogens (tertiary/aromatic N) is 2. The highest BCUT2D eigenvalue weighted by atomic mass is 32.2. The lowest BCUT2D eigenvalue weighted by Crippen LogP contribution is -2.50. The summed E-state index contributed by atoms with van der Waals surface area (Å²) in [7, 11) is -1.94. The summed E-state index contributed by atoms with van der Waals surface area (Å²) < 4.78 is 26.4. The largest absolute Gasteiger partial charge is 0.733 e. The maximum atomic E-state index is 12.8. The van der Waals surface area contributed by atoms with Crippen molar-refractivity contribution in [3.8, 4) is 0 Å². The van der Waals surface area contributed by atoms with Crippen LogP contribution in [0.4, 0.5) is 5.69 Å². The van der Waals surface area contributed by atoms with E-state index < -0.39 is 27.4 Å². The Morgan fingerprint density at radius 1 is 1.30 bits per heavy atom. The van der Waals surface area contributed by atoms with Crippen LogP contribution in [-0.2, 0) is 19.7 Å². The lowest BCUT2D eigenvalue weighted by atomic mass is 9.87. The van der Waals surface area contributed by atoms with Gasteiger partial charge in [-0.25, -0.2) is 8.42 Å². The molecule has 0 radical (unpaired) electrons. The molecule has 0 aliphatic heterocycles. The van der Waals surface area contributed by atoms with Crippen LogP contribution in [-0.4, -0.2) is 44.0 Å². The number of sulfonamides is 1. The van der Waals surface area contributed by atoms with Gasteiger partial charge in [0.15, 0.2) is 0 Å². The molecule has 0 spiro atoms. The zero-order chi connectivity index (χ0) is 18.0. The van der Waals surface area contributed by atoms with E-state index in [0.717, 1.165) is 11.4 Å². The fraction of sp³-hybridized carbons (Fsp3) is 0.500. The van der Waals surface area contributed by atoms with E-state index in [1.165, 1.54) is 31.3 Å². The average molecular weight is 345 g/mol. The third-order valence-corrected chi connectivity index (χ3v) is 5.17. The molecule has 1 N–H and O–H groups in total. The lowest BCUT2D eigenvalue weighted by molar-refractivity contribution is -0.144. The molecule has 0 fully saturated rings. The van der Waals surface area contributed by atoms with Crippen molar-refractivity contribution >= 4 is 21.7 Å². The van der Waals surface area contributed by atoms with Gasteiger partial charge >= 0.3 is 5.97 Å². The minimum absolute atomic E-state index is 0.0631. The molecule has 0 aliphatic carbocycles. The van der Waals surface area contributed by atoms with Crippen LogP contribution in [0.5, 0.6) is 0 Å². The van der Waals surface area contributed by atoms with Gasteiger partial charge < -0.3 is 15.5 Å². The zero-order valence-corrected chi connectivity index (χ0v) is 14.5. The quantitative estimate of drug-likeness (QED) is 0.781. The van der Waals surface area contributed by atoms with Crippen molar-refractivity contribution < 1.29 is 23.2 Å². The van der Waals surface area contributed by atoms with Gasteiger partial charge in [-0.15, -0.1) is 0 Å². The molecule has 8 nitrogen and oxygen atoms in total. The van der Waals surface area contributed by atoms with Gasteiger partial charge in [0.25, 0.3) is 0 Å². The molecule has 23 heavy (non-hydrogen) atoms. The second-order valence-corrected chi connectivity index (χ2v) is 8.00. The zero-order valence-electron chi connectivity index (χ0n) is 13.7. The predicted octanol–water partition coefficient (Wildman–Crippen LogP) is 1.67. The summed E-state index contributed by atoms with van der Waals surface area (Å²) in [6, 6.07) is 4.14. The van der Waals surface area contributed by atoms with E-state index in [4.69, 9.17) is 0 Å². The van der Waals surface area contributed by atoms with E-state index in [9.17, 15) is 23.5 Å². The summed E-state index contributed by atoms with van der Waals surface area (Å²) >= 11 is 0. The van der Waals surface area contributed by atoms with Gasteiger partial charge in [0, 0.05) is 7.05 Å². The molecule has 1 rings (SSSR count). The van der Waals surface area contributed by atoms with Crippen LogP contribution in [0, 0.1) is 10.6 Å². The number of hydrogen-bond acceptors (Lipinski definition) is 6. The maximum absolute atomic E-state index is 12.8. The molecule has 0 amide bonds. The Balaban J connectivity index is 3.45. The summed E-state index contributed by atoms with van der Waals surface area (Å²) in [5.74, 6) is -1.27. The minimum Gasteiger partial charge on any atom is -0.733 e. The Bertz CT molecular complexity index is 668. The number of benzene rings is 1. The van der Waals surface area contributed by atoms with E-state index in [-0.39, 0.29) is 15.8 Å². The molecule has 1 aromatic rings. The van der Waals surface area contributed by atoms with Crippen molar-refractivity contribution in [1.29, 1.82) is 0 Å². The Morgan fingerprint density at radius 2 is 1.83 bits per heavy atom. The van der Waals surface area contributed by atoms with Gasteiger partial charge in [0.1, 0.15) is 10.9 Å². The van der Waals surface area contributed by atoms with E-state index in [1.807, 2.05) is 0 Å². The number of rotatable bonds is 6. The molecule has 0 aliphatic rings. The first-order chi connectivity index (χ1) is 10.4. The van der Waals surface area contributed by atoms with Gasteiger partial charge in [-0.1, -0.05) is 32.9 Å². The number of aliphatic carboxylic acids is 1. The highest BCUT2D eigenvalue weighted by Crippen LogP contribution is 2.32. The minimum atomic E-state index is -4.22.